The van der Waals surface area contributed by atoms with Gasteiger partial charge in [0.2, 0.25) is 0 Å². The molecule has 0 radical (unpaired) electrons. The van der Waals surface area contributed by atoms with Gasteiger partial charge in [-0.15, -0.1) is 0 Å². The summed E-state index contributed by atoms with van der Waals surface area (Å²) in [6.07, 6.45) is 5.74. The number of allylic oxidation sites excluding steroid dienone is 1. The maximum Gasteiger partial charge on any atom is 0.0541 e. The van der Waals surface area contributed by atoms with Gasteiger partial charge in [-0.1, -0.05) is 109 Å². The molecule has 8 aromatic rings. The highest BCUT2D eigenvalue weighted by atomic mass is 15.0. The Morgan fingerprint density at radius 3 is 1.84 bits per heavy atom. The topological polar surface area (TPSA) is 9.86 Å². The summed E-state index contributed by atoms with van der Waals surface area (Å²) in [6.45, 7) is 0. The molecular formula is C42H30N2. The molecule has 2 aromatic heterocycles. The third-order valence-electron chi connectivity index (χ3n) is 9.30. The van der Waals surface area contributed by atoms with E-state index in [4.69, 9.17) is 0 Å². The van der Waals surface area contributed by atoms with Crippen LogP contribution in [0.15, 0.2) is 158 Å². The number of aromatic nitrogens is 2. The summed E-state index contributed by atoms with van der Waals surface area (Å²) in [4.78, 5) is 0. The van der Waals surface area contributed by atoms with E-state index in [1.165, 1.54) is 72.0 Å². The summed E-state index contributed by atoms with van der Waals surface area (Å²) in [5.74, 6) is 0.287. The molecule has 2 heteroatoms. The number of para-hydroxylation sites is 4. The largest absolute Gasteiger partial charge is 0.310 e. The Morgan fingerprint density at radius 2 is 1.07 bits per heavy atom. The number of benzene rings is 6. The number of rotatable bonds is 4. The van der Waals surface area contributed by atoms with Crippen LogP contribution in [0.1, 0.15) is 22.7 Å². The quantitative estimate of drug-likeness (QED) is 0.202. The molecule has 1 atom stereocenters. The van der Waals surface area contributed by atoms with Crippen LogP contribution in [-0.2, 0) is 6.42 Å². The van der Waals surface area contributed by atoms with Crippen LogP contribution in [0.5, 0.6) is 0 Å². The van der Waals surface area contributed by atoms with Gasteiger partial charge in [-0.05, 0) is 83.3 Å². The van der Waals surface area contributed by atoms with E-state index in [0.717, 1.165) is 6.42 Å². The van der Waals surface area contributed by atoms with Crippen LogP contribution in [0.4, 0.5) is 0 Å². The molecule has 2 heterocycles. The van der Waals surface area contributed by atoms with Crippen molar-refractivity contribution in [2.24, 2.45) is 0 Å². The summed E-state index contributed by atoms with van der Waals surface area (Å²) in [7, 11) is 0. The molecule has 1 aliphatic carbocycles. The van der Waals surface area contributed by atoms with Crippen molar-refractivity contribution in [2.75, 3.05) is 0 Å². The van der Waals surface area contributed by atoms with E-state index in [1.807, 2.05) is 0 Å². The Labute approximate surface area is 256 Å². The molecular weight excluding hydrogens is 532 g/mol. The second-order valence-corrected chi connectivity index (χ2v) is 11.7. The van der Waals surface area contributed by atoms with Gasteiger partial charge in [-0.3, -0.25) is 0 Å². The molecule has 0 aliphatic heterocycles. The molecule has 0 amide bonds. The molecule has 2 nitrogen and oxygen atoms in total. The van der Waals surface area contributed by atoms with Gasteiger partial charge in [-0.2, -0.15) is 0 Å². The maximum absolute atomic E-state index is 2.42. The average Bonchev–Trinajstić information content (AvgIpc) is 3.61. The SMILES string of the molecule is C1=CC(c2ccccc2-c2ccc3c(c2)c2ccccc2n3-c2ccccc2)Cc2c1n(-c1ccccc1)c1ccccc21. The lowest BCUT2D eigenvalue weighted by molar-refractivity contribution is 0.827. The van der Waals surface area contributed by atoms with Gasteiger partial charge in [0.1, 0.15) is 0 Å². The van der Waals surface area contributed by atoms with Crippen LogP contribution in [0.25, 0.3) is 61.3 Å². The Balaban J connectivity index is 1.18. The van der Waals surface area contributed by atoms with Gasteiger partial charge >= 0.3 is 0 Å². The Hall–Kier alpha value is -5.60. The van der Waals surface area contributed by atoms with E-state index < -0.39 is 0 Å². The molecule has 0 N–H and O–H groups in total. The molecule has 1 unspecified atom stereocenters. The Bertz CT molecular complexity index is 2350. The number of fused-ring (bicyclic) bond motifs is 6. The van der Waals surface area contributed by atoms with Gasteiger partial charge in [-0.25, -0.2) is 0 Å². The zero-order chi connectivity index (χ0) is 29.0. The minimum atomic E-state index is 0.287. The van der Waals surface area contributed by atoms with E-state index in [2.05, 4.69) is 173 Å². The zero-order valence-electron chi connectivity index (χ0n) is 24.3. The number of hydrogen-bond donors (Lipinski definition) is 0. The highest BCUT2D eigenvalue weighted by Crippen LogP contribution is 2.42. The summed E-state index contributed by atoms with van der Waals surface area (Å²) in [6, 6.07) is 55.0. The third kappa shape index (κ3) is 3.81. The Kier molecular flexibility index (Phi) is 5.67. The lowest BCUT2D eigenvalue weighted by Crippen LogP contribution is -2.08. The van der Waals surface area contributed by atoms with Crippen molar-refractivity contribution in [3.05, 3.63) is 175 Å². The van der Waals surface area contributed by atoms with Crippen LogP contribution in [0.2, 0.25) is 0 Å². The molecule has 6 aromatic carbocycles. The van der Waals surface area contributed by atoms with Crippen LogP contribution in [0.3, 0.4) is 0 Å². The molecule has 0 saturated carbocycles. The fourth-order valence-corrected chi connectivity index (χ4v) is 7.36. The van der Waals surface area contributed by atoms with Crippen molar-refractivity contribution >= 4 is 38.8 Å². The molecule has 0 bridgehead atoms. The zero-order valence-corrected chi connectivity index (χ0v) is 24.3. The molecule has 0 spiro atoms. The van der Waals surface area contributed by atoms with E-state index in [-0.39, 0.29) is 5.92 Å². The highest BCUT2D eigenvalue weighted by Gasteiger charge is 2.25. The first-order chi connectivity index (χ1) is 21.8. The lowest BCUT2D eigenvalue weighted by atomic mass is 9.83. The third-order valence-corrected chi connectivity index (χ3v) is 9.30. The number of hydrogen-bond acceptors (Lipinski definition) is 0. The van der Waals surface area contributed by atoms with Gasteiger partial charge in [0.15, 0.2) is 0 Å². The van der Waals surface area contributed by atoms with Crippen LogP contribution >= 0.6 is 0 Å². The van der Waals surface area contributed by atoms with Crippen molar-refractivity contribution in [1.82, 2.24) is 9.13 Å². The molecule has 44 heavy (non-hydrogen) atoms. The lowest BCUT2D eigenvalue weighted by Gasteiger charge is -2.22. The average molecular weight is 563 g/mol. The standard InChI is InChI=1S/C42H30N2/c1-3-13-31(14-4-1)43-39-21-11-9-19-35(39)37-27-29(23-25-41(37)43)33-17-7-8-18-34(33)30-24-26-42-38(28-30)36-20-10-12-22-40(36)44(42)32-15-5-2-6-16-32/h1-27,30H,28H2. The first-order valence-electron chi connectivity index (χ1n) is 15.4. The normalized spacial score (nSPS) is 14.4. The predicted molar refractivity (Wildman–Crippen MR) is 185 cm³/mol. The minimum Gasteiger partial charge on any atom is -0.310 e. The monoisotopic (exact) mass is 562 g/mol. The van der Waals surface area contributed by atoms with Crippen molar-refractivity contribution in [2.45, 2.75) is 12.3 Å². The fraction of sp³-hybridized carbons (Fsp3) is 0.0476. The van der Waals surface area contributed by atoms with Crippen molar-refractivity contribution in [1.29, 1.82) is 0 Å². The van der Waals surface area contributed by atoms with Crippen LogP contribution < -0.4 is 0 Å². The van der Waals surface area contributed by atoms with Crippen LogP contribution in [-0.4, -0.2) is 9.13 Å². The van der Waals surface area contributed by atoms with E-state index in [0.29, 0.717) is 0 Å². The minimum absolute atomic E-state index is 0.287. The molecule has 0 saturated heterocycles. The highest BCUT2D eigenvalue weighted by molar-refractivity contribution is 6.10. The van der Waals surface area contributed by atoms with Gasteiger partial charge in [0.25, 0.3) is 0 Å². The number of nitrogens with zero attached hydrogens (tertiary/aromatic N) is 2. The second kappa shape index (κ2) is 10.00. The van der Waals surface area contributed by atoms with Gasteiger partial charge < -0.3 is 9.13 Å². The van der Waals surface area contributed by atoms with Gasteiger partial charge in [0, 0.05) is 39.1 Å². The summed E-state index contributed by atoms with van der Waals surface area (Å²) >= 11 is 0. The second-order valence-electron chi connectivity index (χ2n) is 11.7. The smallest absolute Gasteiger partial charge is 0.0541 e. The predicted octanol–water partition coefficient (Wildman–Crippen LogP) is 10.7. The fourth-order valence-electron chi connectivity index (χ4n) is 7.36. The molecule has 208 valence electrons. The van der Waals surface area contributed by atoms with Crippen molar-refractivity contribution < 1.29 is 0 Å². The maximum atomic E-state index is 2.42. The van der Waals surface area contributed by atoms with E-state index in [9.17, 15) is 0 Å². The molecule has 1 aliphatic rings. The first kappa shape index (κ1) is 24.9. The first-order valence-corrected chi connectivity index (χ1v) is 15.4. The van der Waals surface area contributed by atoms with Crippen molar-refractivity contribution in [3.63, 3.8) is 0 Å². The Morgan fingerprint density at radius 1 is 0.477 bits per heavy atom. The molecule has 0 fully saturated rings. The van der Waals surface area contributed by atoms with Crippen molar-refractivity contribution in [3.8, 4) is 22.5 Å². The van der Waals surface area contributed by atoms with Gasteiger partial charge in [0.05, 0.1) is 16.6 Å². The van der Waals surface area contributed by atoms with Crippen LogP contribution in [0, 0.1) is 0 Å². The van der Waals surface area contributed by atoms with E-state index >= 15 is 0 Å². The summed E-state index contributed by atoms with van der Waals surface area (Å²) in [5.41, 5.74) is 12.8. The summed E-state index contributed by atoms with van der Waals surface area (Å²) in [5, 5.41) is 3.90. The molecule has 9 rings (SSSR count). The van der Waals surface area contributed by atoms with E-state index in [1.54, 1.807) is 0 Å². The summed E-state index contributed by atoms with van der Waals surface area (Å²) < 4.78 is 4.80.